The van der Waals surface area contributed by atoms with Gasteiger partial charge in [0, 0.05) is 42.8 Å². The summed E-state index contributed by atoms with van der Waals surface area (Å²) in [6.45, 7) is 1.17. The number of para-hydroxylation sites is 1. The van der Waals surface area contributed by atoms with Gasteiger partial charge in [-0.05, 0) is 37.1 Å². The molecule has 5 rings (SSSR count). The maximum absolute atomic E-state index is 14.5. The third-order valence-corrected chi connectivity index (χ3v) is 5.79. The molecule has 34 heavy (non-hydrogen) atoms. The predicted octanol–water partition coefficient (Wildman–Crippen LogP) is 2.54. The number of fused-ring (bicyclic) bond motifs is 1. The van der Waals surface area contributed by atoms with Crippen molar-refractivity contribution in [2.45, 2.75) is 18.9 Å². The zero-order chi connectivity index (χ0) is 23.8. The van der Waals surface area contributed by atoms with E-state index in [1.165, 1.54) is 24.5 Å². The van der Waals surface area contributed by atoms with Crippen LogP contribution in [0.2, 0.25) is 0 Å². The van der Waals surface area contributed by atoms with E-state index in [0.29, 0.717) is 30.0 Å². The van der Waals surface area contributed by atoms with Crippen LogP contribution in [0.4, 0.5) is 14.6 Å². The minimum absolute atomic E-state index is 0.00270. The lowest BCUT2D eigenvalue weighted by atomic mass is 10.1. The number of nitrogens with two attached hydrogens (primary N) is 1. The number of carbonyl (C=O) groups is 1. The molecule has 9 nitrogen and oxygen atoms in total. The number of nitrogens with one attached hydrogen (secondary N) is 2. The molecule has 1 aliphatic rings. The molecular formula is C23H20F2N6O3. The molecule has 4 N–H and O–H groups in total. The van der Waals surface area contributed by atoms with E-state index in [2.05, 4.69) is 20.5 Å². The molecule has 3 aromatic heterocycles. The summed E-state index contributed by atoms with van der Waals surface area (Å²) in [6, 6.07) is 6.39. The first-order valence-corrected chi connectivity index (χ1v) is 10.6. The highest BCUT2D eigenvalue weighted by atomic mass is 19.1. The van der Waals surface area contributed by atoms with Crippen LogP contribution in [0.3, 0.4) is 0 Å². The van der Waals surface area contributed by atoms with Gasteiger partial charge in [-0.1, -0.05) is 6.07 Å². The van der Waals surface area contributed by atoms with Crippen LogP contribution >= 0.6 is 0 Å². The number of nitrogen functional groups attached to an aromatic ring is 1. The molecule has 0 unspecified atom stereocenters. The lowest BCUT2D eigenvalue weighted by molar-refractivity contribution is 0.0696. The SMILES string of the molecule is Nc1n[nH]c2c(-c3cc(C(=O)NC4CCOCC4)ccn3)cn(-c3c(F)cccc3F)c(=O)c12. The number of aromatic nitrogens is 4. The average Bonchev–Trinajstić information content (AvgIpc) is 3.23. The normalized spacial score (nSPS) is 14.4. The summed E-state index contributed by atoms with van der Waals surface area (Å²) < 4.78 is 35.2. The minimum atomic E-state index is -0.924. The number of pyridine rings is 2. The minimum Gasteiger partial charge on any atom is -0.382 e. The van der Waals surface area contributed by atoms with Gasteiger partial charge in [0.05, 0.1) is 11.2 Å². The fourth-order valence-electron chi connectivity index (χ4n) is 4.05. The van der Waals surface area contributed by atoms with E-state index in [1.807, 2.05) is 0 Å². The molecule has 0 bridgehead atoms. The Morgan fingerprint density at radius 1 is 1.21 bits per heavy atom. The second kappa shape index (κ2) is 8.67. The maximum Gasteiger partial charge on any atom is 0.268 e. The second-order valence-electron chi connectivity index (χ2n) is 7.94. The van der Waals surface area contributed by atoms with E-state index in [4.69, 9.17) is 10.5 Å². The molecule has 0 aliphatic carbocycles. The molecule has 11 heteroatoms. The van der Waals surface area contributed by atoms with Crippen molar-refractivity contribution in [1.82, 2.24) is 25.1 Å². The van der Waals surface area contributed by atoms with Crippen LogP contribution in [0.1, 0.15) is 23.2 Å². The number of hydrogen-bond acceptors (Lipinski definition) is 6. The zero-order valence-corrected chi connectivity index (χ0v) is 17.8. The smallest absolute Gasteiger partial charge is 0.268 e. The molecule has 0 radical (unpaired) electrons. The highest BCUT2D eigenvalue weighted by Crippen LogP contribution is 2.29. The van der Waals surface area contributed by atoms with Gasteiger partial charge in [-0.15, -0.1) is 0 Å². The Morgan fingerprint density at radius 3 is 2.68 bits per heavy atom. The zero-order valence-electron chi connectivity index (χ0n) is 17.8. The Hall–Kier alpha value is -4.12. The van der Waals surface area contributed by atoms with Gasteiger partial charge < -0.3 is 15.8 Å². The molecule has 1 amide bonds. The van der Waals surface area contributed by atoms with Crippen LogP contribution in [0, 0.1) is 11.6 Å². The summed E-state index contributed by atoms with van der Waals surface area (Å²) in [4.78, 5) is 30.2. The van der Waals surface area contributed by atoms with Crippen LogP contribution in [0.5, 0.6) is 0 Å². The number of H-pyrrole nitrogens is 1. The van der Waals surface area contributed by atoms with Crippen molar-refractivity contribution < 1.29 is 18.3 Å². The van der Waals surface area contributed by atoms with Crippen LogP contribution in [-0.2, 0) is 4.74 Å². The van der Waals surface area contributed by atoms with Crippen LogP contribution < -0.4 is 16.6 Å². The lowest BCUT2D eigenvalue weighted by Crippen LogP contribution is -2.38. The van der Waals surface area contributed by atoms with Gasteiger partial charge in [0.1, 0.15) is 22.7 Å². The lowest BCUT2D eigenvalue weighted by Gasteiger charge is -2.23. The molecule has 1 aromatic carbocycles. The number of hydrogen-bond donors (Lipinski definition) is 3. The van der Waals surface area contributed by atoms with E-state index in [9.17, 15) is 18.4 Å². The fourth-order valence-corrected chi connectivity index (χ4v) is 4.05. The Morgan fingerprint density at radius 2 is 1.94 bits per heavy atom. The number of benzene rings is 1. The summed E-state index contributed by atoms with van der Waals surface area (Å²) in [5.74, 6) is -2.26. The molecule has 174 valence electrons. The van der Waals surface area contributed by atoms with Gasteiger partial charge in [-0.25, -0.2) is 8.78 Å². The first-order chi connectivity index (χ1) is 16.4. The van der Waals surface area contributed by atoms with Gasteiger partial charge in [-0.2, -0.15) is 5.10 Å². The van der Waals surface area contributed by atoms with Crippen LogP contribution in [-0.4, -0.2) is 44.9 Å². The van der Waals surface area contributed by atoms with Gasteiger partial charge in [0.2, 0.25) is 0 Å². The summed E-state index contributed by atoms with van der Waals surface area (Å²) in [5, 5.41) is 9.51. The highest BCUT2D eigenvalue weighted by molar-refractivity contribution is 6.00. The van der Waals surface area contributed by atoms with Gasteiger partial charge in [0.25, 0.3) is 11.5 Å². The molecule has 4 heterocycles. The Bertz CT molecular complexity index is 1440. The number of ether oxygens (including phenoxy) is 1. The van der Waals surface area contributed by atoms with Crippen molar-refractivity contribution in [3.63, 3.8) is 0 Å². The fraction of sp³-hybridized carbons (Fsp3) is 0.217. The molecule has 0 spiro atoms. The molecule has 4 aromatic rings. The summed E-state index contributed by atoms with van der Waals surface area (Å²) in [6.07, 6.45) is 4.14. The third-order valence-electron chi connectivity index (χ3n) is 5.79. The molecule has 0 atom stereocenters. The van der Waals surface area contributed by atoms with Crippen molar-refractivity contribution >= 4 is 22.6 Å². The number of aromatic amines is 1. The van der Waals surface area contributed by atoms with Crippen molar-refractivity contribution in [1.29, 1.82) is 0 Å². The Kier molecular flexibility index (Phi) is 5.54. The first-order valence-electron chi connectivity index (χ1n) is 10.6. The Balaban J connectivity index is 1.63. The molecular weight excluding hydrogens is 446 g/mol. The van der Waals surface area contributed by atoms with Crippen molar-refractivity contribution in [2.75, 3.05) is 18.9 Å². The van der Waals surface area contributed by atoms with Crippen molar-refractivity contribution in [2.24, 2.45) is 0 Å². The molecule has 1 saturated heterocycles. The van der Waals surface area contributed by atoms with Crippen LogP contribution in [0.25, 0.3) is 27.8 Å². The van der Waals surface area contributed by atoms with Gasteiger partial charge in [-0.3, -0.25) is 24.2 Å². The summed E-state index contributed by atoms with van der Waals surface area (Å²) in [7, 11) is 0. The molecule has 0 saturated carbocycles. The van der Waals surface area contributed by atoms with Gasteiger partial charge in [0.15, 0.2) is 5.82 Å². The van der Waals surface area contributed by atoms with E-state index in [1.54, 1.807) is 6.07 Å². The maximum atomic E-state index is 14.5. The first kappa shape index (κ1) is 21.7. The van der Waals surface area contributed by atoms with Crippen molar-refractivity contribution in [3.8, 4) is 16.9 Å². The third kappa shape index (κ3) is 3.79. The van der Waals surface area contributed by atoms with Crippen LogP contribution in [0.15, 0.2) is 47.5 Å². The monoisotopic (exact) mass is 466 g/mol. The quantitative estimate of drug-likeness (QED) is 0.424. The van der Waals surface area contributed by atoms with E-state index < -0.39 is 22.9 Å². The number of carbonyl (C=O) groups excluding carboxylic acids is 1. The molecule has 1 fully saturated rings. The number of rotatable bonds is 4. The van der Waals surface area contributed by atoms with E-state index >= 15 is 0 Å². The highest BCUT2D eigenvalue weighted by Gasteiger charge is 2.22. The largest absolute Gasteiger partial charge is 0.382 e. The summed E-state index contributed by atoms with van der Waals surface area (Å²) >= 11 is 0. The molecule has 1 aliphatic heterocycles. The number of nitrogens with zero attached hydrogens (tertiary/aromatic N) is 3. The predicted molar refractivity (Wildman–Crippen MR) is 121 cm³/mol. The topological polar surface area (TPSA) is 128 Å². The number of halogens is 2. The van der Waals surface area contributed by atoms with Crippen molar-refractivity contribution in [3.05, 3.63) is 70.3 Å². The van der Waals surface area contributed by atoms with E-state index in [-0.39, 0.29) is 28.7 Å². The number of anilines is 1. The van der Waals surface area contributed by atoms with E-state index in [0.717, 1.165) is 29.5 Å². The number of amides is 1. The average molecular weight is 466 g/mol. The summed E-state index contributed by atoms with van der Waals surface area (Å²) in [5.41, 5.74) is 5.76. The Labute approximate surface area is 191 Å². The standard InChI is InChI=1S/C23H20F2N6O3/c24-15-2-1-3-16(25)20(15)31-11-14(19-18(23(31)33)21(26)30-29-19)17-10-12(4-7-27-17)22(32)28-13-5-8-34-9-6-13/h1-4,7,10-11,13H,5-6,8-9H2,(H,28,32)(H3,26,29,30). The van der Waals surface area contributed by atoms with Gasteiger partial charge >= 0.3 is 0 Å². The second-order valence-corrected chi connectivity index (χ2v) is 7.94.